The van der Waals surface area contributed by atoms with Crippen molar-refractivity contribution < 1.29 is 0 Å². The molecule has 0 aromatic heterocycles. The van der Waals surface area contributed by atoms with Gasteiger partial charge in [-0.3, -0.25) is 0 Å². The number of anilines is 2. The molecule has 284 valence electrons. The van der Waals surface area contributed by atoms with Crippen molar-refractivity contribution in [1.29, 1.82) is 0 Å². The molecule has 9 aliphatic carbocycles. The molecule has 5 aromatic rings. The van der Waals surface area contributed by atoms with Gasteiger partial charge in [-0.05, 0) is 207 Å². The second-order valence-corrected chi connectivity index (χ2v) is 23.5. The second-order valence-electron chi connectivity index (χ2n) is 23.5. The number of hydrogen-bond donors (Lipinski definition) is 0. The number of benzene rings is 5. The Bertz CT molecular complexity index is 2840. The molecule has 17 rings (SSSR count). The van der Waals surface area contributed by atoms with Crippen molar-refractivity contribution in [3.8, 4) is 22.3 Å². The molecule has 12 aliphatic rings. The molecule has 1 spiro atoms. The first kappa shape index (κ1) is 30.9. The fraction of sp³-hybridized carbons (Fsp3) is 0.464. The number of rotatable bonds is 2. The first-order chi connectivity index (χ1) is 28.3. The molecule has 0 N–H and O–H groups in total. The van der Waals surface area contributed by atoms with E-state index in [1.54, 1.807) is 49.9 Å². The van der Waals surface area contributed by atoms with Crippen LogP contribution < -0.4 is 15.7 Å². The lowest BCUT2D eigenvalue weighted by Gasteiger charge is -2.66. The van der Waals surface area contributed by atoms with Gasteiger partial charge in [0.1, 0.15) is 0 Å². The Labute approximate surface area is 344 Å². The van der Waals surface area contributed by atoms with E-state index in [-0.39, 0.29) is 12.3 Å². The number of fused-ring (bicyclic) bond motifs is 9. The van der Waals surface area contributed by atoms with Gasteiger partial charge in [0.25, 0.3) is 0 Å². The van der Waals surface area contributed by atoms with E-state index in [0.29, 0.717) is 16.7 Å². The van der Waals surface area contributed by atoms with Crippen molar-refractivity contribution >= 4 is 29.1 Å². The number of aryl methyl sites for hydroxylation is 1. The van der Waals surface area contributed by atoms with E-state index < -0.39 is 0 Å². The minimum atomic E-state index is -0.0725. The summed E-state index contributed by atoms with van der Waals surface area (Å²) < 4.78 is 0. The van der Waals surface area contributed by atoms with Gasteiger partial charge >= 0.3 is 6.85 Å². The maximum atomic E-state index is 2.89. The molecule has 8 saturated carbocycles. The van der Waals surface area contributed by atoms with E-state index in [4.69, 9.17) is 0 Å². The third kappa shape index (κ3) is 3.00. The van der Waals surface area contributed by atoms with Crippen molar-refractivity contribution in [3.63, 3.8) is 0 Å². The van der Waals surface area contributed by atoms with Gasteiger partial charge in [-0.25, -0.2) is 0 Å². The first-order valence-electron chi connectivity index (χ1n) is 23.7. The Morgan fingerprint density at radius 1 is 0.672 bits per heavy atom. The summed E-state index contributed by atoms with van der Waals surface area (Å²) in [6, 6.07) is 35.9. The standard InChI is InChI=1S/C56H52BN/c1-28-13-42-38-7-6-9-45-52(38)58(47-10-5-4-8-44(47)53(45,2)3)57-46-22-34(55-23-31-15-30-16-32(24-55)50(55)48(30)31)21-41-39-20-33(54-25-36-18-35-19-37(26-54)56(35,36)27-54)12-11-29(39)17-40(49(41)46)43(14-28)51(42)57/h4-14,20-22,30-32,35-37,40,48,50H,15-19,23-27H2,1-3H3. The average Bonchev–Trinajstić information content (AvgIpc) is 3.84. The summed E-state index contributed by atoms with van der Waals surface area (Å²) in [4.78, 5) is 2.89. The Morgan fingerprint density at radius 2 is 1.48 bits per heavy atom. The van der Waals surface area contributed by atoms with E-state index in [1.807, 2.05) is 0 Å². The van der Waals surface area contributed by atoms with Crippen LogP contribution in [0.5, 0.6) is 0 Å². The normalized spacial score (nSPS) is 40.8. The summed E-state index contributed by atoms with van der Waals surface area (Å²) in [6.07, 6.45) is 14.6. The van der Waals surface area contributed by atoms with Gasteiger partial charge < -0.3 is 4.81 Å². The lowest BCUT2D eigenvalue weighted by atomic mass is 9.38. The van der Waals surface area contributed by atoms with Crippen LogP contribution in [0.4, 0.5) is 11.4 Å². The van der Waals surface area contributed by atoms with Gasteiger partial charge in [-0.15, -0.1) is 0 Å². The van der Waals surface area contributed by atoms with Crippen LogP contribution in [-0.4, -0.2) is 6.85 Å². The van der Waals surface area contributed by atoms with Gasteiger partial charge in [0.15, 0.2) is 0 Å². The van der Waals surface area contributed by atoms with Crippen LogP contribution in [-0.2, 0) is 22.7 Å². The van der Waals surface area contributed by atoms with E-state index in [9.17, 15) is 0 Å². The minimum absolute atomic E-state index is 0.0725. The van der Waals surface area contributed by atoms with E-state index in [1.165, 1.54) is 97.0 Å². The zero-order valence-corrected chi connectivity index (χ0v) is 34.4. The monoisotopic (exact) mass is 749 g/mol. The molecule has 0 amide bonds. The molecular weight excluding hydrogens is 697 g/mol. The predicted molar refractivity (Wildman–Crippen MR) is 235 cm³/mol. The summed E-state index contributed by atoms with van der Waals surface area (Å²) in [5.41, 5.74) is 26.6. The van der Waals surface area contributed by atoms with Gasteiger partial charge in [-0.2, -0.15) is 0 Å². The smallest absolute Gasteiger partial charge is 0.329 e. The summed E-state index contributed by atoms with van der Waals surface area (Å²) in [6.45, 7) is 7.50. The first-order valence-corrected chi connectivity index (χ1v) is 23.7. The molecule has 3 heterocycles. The van der Waals surface area contributed by atoms with Crippen LogP contribution in [0.1, 0.15) is 122 Å². The van der Waals surface area contributed by atoms with Crippen LogP contribution in [0, 0.1) is 59.7 Å². The van der Waals surface area contributed by atoms with Crippen LogP contribution in [0.15, 0.2) is 84.9 Å². The molecule has 2 heteroatoms. The van der Waals surface area contributed by atoms with Gasteiger partial charge in [0.2, 0.25) is 0 Å². The summed E-state index contributed by atoms with van der Waals surface area (Å²) in [5, 5.41) is 0. The van der Waals surface area contributed by atoms with Crippen molar-refractivity contribution in [2.24, 2.45) is 52.8 Å². The molecule has 3 aliphatic heterocycles. The fourth-order valence-corrected chi connectivity index (χ4v) is 19.9. The highest BCUT2D eigenvalue weighted by atomic mass is 15.1. The molecule has 8 fully saturated rings. The Kier molecular flexibility index (Phi) is 4.88. The number of hydrogen-bond acceptors (Lipinski definition) is 1. The van der Waals surface area contributed by atoms with Crippen LogP contribution in [0.3, 0.4) is 0 Å². The highest BCUT2D eigenvalue weighted by Crippen LogP contribution is 2.84. The molecule has 9 atom stereocenters. The SMILES string of the molecule is Cc1cc2c3c(c1)C1Cc4ccc(C56CC7CC8CC(C5)C87C6)cc4-c4cc(C56CC7CC8CC(C5)C6C87)cc(c41)B3N1c3ccccc3C(C)(C)c3cccc-2c31. The Balaban J connectivity index is 0.954. The Morgan fingerprint density at radius 3 is 2.34 bits per heavy atom. The van der Waals surface area contributed by atoms with E-state index in [0.717, 1.165) is 59.2 Å². The lowest BCUT2D eigenvalue weighted by molar-refractivity contribution is -0.175. The summed E-state index contributed by atoms with van der Waals surface area (Å²) >= 11 is 0. The minimum Gasteiger partial charge on any atom is -0.376 e. The zero-order chi connectivity index (χ0) is 37.6. The molecule has 2 bridgehead atoms. The zero-order valence-electron chi connectivity index (χ0n) is 34.4. The molecule has 0 saturated heterocycles. The van der Waals surface area contributed by atoms with Gasteiger partial charge in [0.05, 0.1) is 0 Å². The lowest BCUT2D eigenvalue weighted by Crippen LogP contribution is -2.64. The maximum absolute atomic E-state index is 2.89. The summed E-state index contributed by atoms with van der Waals surface area (Å²) in [7, 11) is 0. The third-order valence-corrected chi connectivity index (χ3v) is 21.7. The van der Waals surface area contributed by atoms with Crippen molar-refractivity contribution in [2.45, 2.75) is 107 Å². The van der Waals surface area contributed by atoms with Gasteiger partial charge in [-0.1, -0.05) is 98.3 Å². The Hall–Kier alpha value is -4.04. The van der Waals surface area contributed by atoms with Crippen LogP contribution in [0.2, 0.25) is 0 Å². The number of nitrogens with zero attached hydrogens (tertiary/aromatic N) is 1. The molecule has 1 nitrogen and oxygen atoms in total. The van der Waals surface area contributed by atoms with Crippen molar-refractivity contribution in [1.82, 2.24) is 0 Å². The van der Waals surface area contributed by atoms with Crippen molar-refractivity contribution in [3.05, 3.63) is 129 Å². The quantitative estimate of drug-likeness (QED) is 0.163. The topological polar surface area (TPSA) is 3.24 Å². The second kappa shape index (κ2) is 9.16. The van der Waals surface area contributed by atoms with Crippen LogP contribution in [0.25, 0.3) is 22.3 Å². The summed E-state index contributed by atoms with van der Waals surface area (Å²) in [5.74, 6) is 8.45. The van der Waals surface area contributed by atoms with E-state index in [2.05, 4.69) is 111 Å². The molecule has 9 unspecified atom stereocenters. The third-order valence-electron chi connectivity index (χ3n) is 21.7. The highest BCUT2D eigenvalue weighted by molar-refractivity contribution is 6.92. The predicted octanol–water partition coefficient (Wildman–Crippen LogP) is 11.2. The molecule has 0 radical (unpaired) electrons. The van der Waals surface area contributed by atoms with Crippen molar-refractivity contribution in [2.75, 3.05) is 4.81 Å². The molecule has 5 aromatic carbocycles. The maximum Gasteiger partial charge on any atom is 0.329 e. The van der Waals surface area contributed by atoms with Gasteiger partial charge in [0, 0.05) is 28.3 Å². The fourth-order valence-electron chi connectivity index (χ4n) is 19.9. The molecular formula is C56H52BN. The number of para-hydroxylation sites is 2. The average molecular weight is 750 g/mol. The molecule has 58 heavy (non-hydrogen) atoms. The highest BCUT2D eigenvalue weighted by Gasteiger charge is 2.77. The van der Waals surface area contributed by atoms with Crippen LogP contribution >= 0.6 is 0 Å². The largest absolute Gasteiger partial charge is 0.376 e. The van der Waals surface area contributed by atoms with E-state index >= 15 is 0 Å².